The van der Waals surface area contributed by atoms with Crippen LogP contribution in [-0.4, -0.2) is 34.9 Å². The van der Waals surface area contributed by atoms with Crippen LogP contribution in [0.25, 0.3) is 0 Å². The second kappa shape index (κ2) is 9.26. The lowest BCUT2D eigenvalue weighted by molar-refractivity contribution is 0.0682. The summed E-state index contributed by atoms with van der Waals surface area (Å²) < 4.78 is 16.9. The number of fused-ring (bicyclic) bond motifs is 1. The number of para-hydroxylation sites is 1. The molecule has 0 saturated carbocycles. The van der Waals surface area contributed by atoms with Crippen molar-refractivity contribution in [3.63, 3.8) is 0 Å². The van der Waals surface area contributed by atoms with Gasteiger partial charge < -0.3 is 24.6 Å². The molecule has 1 aromatic carbocycles. The molecular formula is C21H31N5O3. The summed E-state index contributed by atoms with van der Waals surface area (Å²) in [4.78, 5) is 9.01. The van der Waals surface area contributed by atoms with Crippen molar-refractivity contribution in [2.45, 2.75) is 65.3 Å². The van der Waals surface area contributed by atoms with E-state index in [1.54, 1.807) is 0 Å². The highest BCUT2D eigenvalue weighted by atomic mass is 16.5. The minimum atomic E-state index is -0.264. The molecule has 2 N–H and O–H groups in total. The quantitative estimate of drug-likeness (QED) is 0.541. The normalized spacial score (nSPS) is 19.2. The van der Waals surface area contributed by atoms with Crippen LogP contribution in [-0.2, 0) is 11.3 Å². The molecule has 2 atom stereocenters. The van der Waals surface area contributed by atoms with Crippen LogP contribution in [0.4, 0.5) is 0 Å². The van der Waals surface area contributed by atoms with Crippen molar-refractivity contribution in [3.8, 4) is 5.75 Å². The number of hydrogen-bond donors (Lipinski definition) is 2. The van der Waals surface area contributed by atoms with Crippen LogP contribution < -0.4 is 15.4 Å². The van der Waals surface area contributed by atoms with E-state index >= 15 is 0 Å². The maximum Gasteiger partial charge on any atom is 0.248 e. The second-order valence-electron chi connectivity index (χ2n) is 7.64. The molecular weight excluding hydrogens is 370 g/mol. The summed E-state index contributed by atoms with van der Waals surface area (Å²) in [5.41, 5.74) is 0.864. The minimum absolute atomic E-state index is 0.0870. The first-order chi connectivity index (χ1) is 13.9. The van der Waals surface area contributed by atoms with E-state index in [-0.39, 0.29) is 24.3 Å². The van der Waals surface area contributed by atoms with Gasteiger partial charge in [-0.05, 0) is 40.7 Å². The van der Waals surface area contributed by atoms with Gasteiger partial charge in [-0.15, -0.1) is 0 Å². The molecule has 2 aromatic rings. The van der Waals surface area contributed by atoms with Crippen molar-refractivity contribution in [1.82, 2.24) is 20.8 Å². The third-order valence-electron chi connectivity index (χ3n) is 4.67. The topological polar surface area (TPSA) is 93.8 Å². The van der Waals surface area contributed by atoms with Gasteiger partial charge in [-0.2, -0.15) is 4.98 Å². The van der Waals surface area contributed by atoms with Gasteiger partial charge in [0.1, 0.15) is 24.0 Å². The number of benzene rings is 1. The molecule has 0 bridgehead atoms. The fourth-order valence-corrected chi connectivity index (χ4v) is 3.38. The van der Waals surface area contributed by atoms with Gasteiger partial charge in [0, 0.05) is 25.1 Å². The van der Waals surface area contributed by atoms with Crippen molar-refractivity contribution in [3.05, 3.63) is 41.5 Å². The van der Waals surface area contributed by atoms with Crippen LogP contribution in [0.3, 0.4) is 0 Å². The Labute approximate surface area is 172 Å². The van der Waals surface area contributed by atoms with E-state index in [0.717, 1.165) is 24.3 Å². The van der Waals surface area contributed by atoms with E-state index in [2.05, 4.69) is 45.7 Å². The zero-order valence-electron chi connectivity index (χ0n) is 17.9. The molecule has 8 heteroatoms. The number of hydrogen-bond acceptors (Lipinski definition) is 6. The van der Waals surface area contributed by atoms with Crippen molar-refractivity contribution in [1.29, 1.82) is 0 Å². The second-order valence-corrected chi connectivity index (χ2v) is 7.64. The molecule has 0 fully saturated rings. The average molecular weight is 402 g/mol. The van der Waals surface area contributed by atoms with E-state index < -0.39 is 0 Å². The highest BCUT2D eigenvalue weighted by Gasteiger charge is 2.34. The number of nitrogens with one attached hydrogen (secondary N) is 2. The van der Waals surface area contributed by atoms with Crippen molar-refractivity contribution in [2.75, 3.05) is 13.2 Å². The maximum atomic E-state index is 6.12. The van der Waals surface area contributed by atoms with Crippen LogP contribution >= 0.6 is 0 Å². The molecule has 2 heterocycles. The van der Waals surface area contributed by atoms with Crippen LogP contribution in [0.5, 0.6) is 5.75 Å². The molecule has 0 spiro atoms. The molecule has 0 radical (unpaired) electrons. The Balaban J connectivity index is 1.73. The Kier molecular flexibility index (Phi) is 6.74. The maximum absolute atomic E-state index is 6.12. The summed E-state index contributed by atoms with van der Waals surface area (Å²) in [5, 5.41) is 10.8. The lowest BCUT2D eigenvalue weighted by atomic mass is 9.90. The first-order valence-electron chi connectivity index (χ1n) is 10.2. The minimum Gasteiger partial charge on any atom is -0.487 e. The molecule has 1 aliphatic rings. The fraction of sp³-hybridized carbons (Fsp3) is 0.571. The summed E-state index contributed by atoms with van der Waals surface area (Å²) in [6.45, 7) is 11.7. The third kappa shape index (κ3) is 5.47. The molecule has 8 nitrogen and oxygen atoms in total. The number of aromatic nitrogens is 2. The highest BCUT2D eigenvalue weighted by molar-refractivity contribution is 5.80. The van der Waals surface area contributed by atoms with Crippen LogP contribution in [0.2, 0.25) is 0 Å². The van der Waals surface area contributed by atoms with Gasteiger partial charge in [-0.3, -0.25) is 0 Å². The Hall–Kier alpha value is -2.61. The zero-order chi connectivity index (χ0) is 20.9. The third-order valence-corrected chi connectivity index (χ3v) is 4.67. The molecule has 0 aliphatic carbocycles. The van der Waals surface area contributed by atoms with Crippen molar-refractivity contribution in [2.24, 2.45) is 4.99 Å². The molecule has 1 aromatic heterocycles. The number of guanidine groups is 1. The first-order valence-corrected chi connectivity index (χ1v) is 10.2. The highest BCUT2D eigenvalue weighted by Crippen LogP contribution is 2.39. The molecule has 2 unspecified atom stereocenters. The Morgan fingerprint density at radius 2 is 2.14 bits per heavy atom. The summed E-state index contributed by atoms with van der Waals surface area (Å²) in [6, 6.07) is 8.20. The van der Waals surface area contributed by atoms with Gasteiger partial charge in [-0.1, -0.05) is 23.4 Å². The first kappa shape index (κ1) is 21.1. The lowest BCUT2D eigenvalue weighted by Crippen LogP contribution is -2.45. The zero-order valence-corrected chi connectivity index (χ0v) is 17.9. The summed E-state index contributed by atoms with van der Waals surface area (Å²) in [5.74, 6) is 2.60. The molecule has 0 saturated heterocycles. The van der Waals surface area contributed by atoms with Gasteiger partial charge in [0.05, 0.1) is 6.04 Å². The summed E-state index contributed by atoms with van der Waals surface area (Å²) in [6.07, 6.45) is 0.624. The Morgan fingerprint density at radius 1 is 1.34 bits per heavy atom. The Morgan fingerprint density at radius 3 is 2.90 bits per heavy atom. The monoisotopic (exact) mass is 401 g/mol. The van der Waals surface area contributed by atoms with E-state index in [1.807, 2.05) is 39.0 Å². The van der Waals surface area contributed by atoms with E-state index in [0.29, 0.717) is 24.3 Å². The Bertz CT molecular complexity index is 833. The predicted molar refractivity (Wildman–Crippen MR) is 111 cm³/mol. The molecule has 158 valence electrons. The number of aliphatic imine (C=N–C) groups is 1. The van der Waals surface area contributed by atoms with Gasteiger partial charge in [0.2, 0.25) is 5.89 Å². The SMILES string of the molecule is CCNC(=NCc1nc(C(C)OCC)no1)NC1CC(C)(C)Oc2ccccc21. The molecule has 3 rings (SSSR count). The summed E-state index contributed by atoms with van der Waals surface area (Å²) in [7, 11) is 0. The van der Waals surface area contributed by atoms with Crippen molar-refractivity contribution >= 4 is 5.96 Å². The molecule has 29 heavy (non-hydrogen) atoms. The predicted octanol–water partition coefficient (Wildman–Crippen LogP) is 3.52. The molecule has 1 aliphatic heterocycles. The van der Waals surface area contributed by atoms with Gasteiger partial charge in [-0.25, -0.2) is 4.99 Å². The van der Waals surface area contributed by atoms with Gasteiger partial charge in [0.25, 0.3) is 0 Å². The van der Waals surface area contributed by atoms with Gasteiger partial charge >= 0.3 is 0 Å². The number of rotatable bonds is 7. The van der Waals surface area contributed by atoms with Gasteiger partial charge in [0.15, 0.2) is 11.8 Å². The van der Waals surface area contributed by atoms with Crippen LogP contribution in [0, 0.1) is 0 Å². The van der Waals surface area contributed by atoms with E-state index in [9.17, 15) is 0 Å². The fourth-order valence-electron chi connectivity index (χ4n) is 3.38. The van der Waals surface area contributed by atoms with Crippen LogP contribution in [0.1, 0.15) is 70.5 Å². The largest absolute Gasteiger partial charge is 0.487 e. The smallest absolute Gasteiger partial charge is 0.248 e. The van der Waals surface area contributed by atoms with E-state index in [1.165, 1.54) is 0 Å². The average Bonchev–Trinajstić information content (AvgIpc) is 3.15. The number of ether oxygens (including phenoxy) is 2. The number of nitrogens with zero attached hydrogens (tertiary/aromatic N) is 3. The summed E-state index contributed by atoms with van der Waals surface area (Å²) >= 11 is 0. The van der Waals surface area contributed by atoms with Crippen molar-refractivity contribution < 1.29 is 14.0 Å². The standard InChI is InChI=1S/C21H31N5O3/c1-6-22-20(23-13-18-25-19(26-29-18)14(3)27-7-2)24-16-12-21(4,5)28-17-11-9-8-10-15(16)17/h8-11,14,16H,6-7,12-13H2,1-5H3,(H2,22,23,24). The lowest BCUT2D eigenvalue weighted by Gasteiger charge is -2.38. The molecule has 0 amide bonds. The van der Waals surface area contributed by atoms with E-state index in [4.69, 9.17) is 14.0 Å². The van der Waals surface area contributed by atoms with Crippen LogP contribution in [0.15, 0.2) is 33.8 Å².